The SMILES string of the molecule is CC([CH2][Hg][O]C(=O)C(F)(F)F)(OOC(C)([CH2][Hg][O]C(=O)C(F)(F)F)c1ccccc1)c1ccccc1. The molecule has 0 aromatic heterocycles. The molecule has 2 aromatic rings. The third-order valence-corrected chi connectivity index (χ3v) is 17.9. The fourth-order valence-corrected chi connectivity index (χ4v) is 12.5. The fourth-order valence-electron chi connectivity index (χ4n) is 3.07. The van der Waals surface area contributed by atoms with Gasteiger partial charge in [0.25, 0.3) is 0 Å². The molecule has 36 heavy (non-hydrogen) atoms. The van der Waals surface area contributed by atoms with Crippen molar-refractivity contribution in [1.29, 1.82) is 0 Å². The molecule has 190 valence electrons. The zero-order valence-corrected chi connectivity index (χ0v) is 30.3. The Hall–Kier alpha value is -1.25. The van der Waals surface area contributed by atoms with Gasteiger partial charge in [-0.05, 0) is 0 Å². The van der Waals surface area contributed by atoms with Gasteiger partial charge < -0.3 is 0 Å². The molecular weight excluding hydrogens is 875 g/mol. The number of benzene rings is 2. The molecule has 2 rings (SSSR count). The zero-order chi connectivity index (χ0) is 27.0. The molecule has 0 bridgehead atoms. The Balaban J connectivity index is 2.22. The van der Waals surface area contributed by atoms with Crippen molar-refractivity contribution in [3.63, 3.8) is 0 Å². The predicted molar refractivity (Wildman–Crippen MR) is 104 cm³/mol. The Morgan fingerprint density at radius 1 is 0.639 bits per heavy atom. The van der Waals surface area contributed by atoms with Crippen LogP contribution < -0.4 is 0 Å². The van der Waals surface area contributed by atoms with E-state index in [1.54, 1.807) is 74.5 Å². The normalized spacial score (nSPS) is 15.0. The van der Waals surface area contributed by atoms with Crippen molar-refractivity contribution in [3.05, 3.63) is 71.8 Å². The zero-order valence-electron chi connectivity index (χ0n) is 19.3. The monoisotopic (exact) mass is 898 g/mol. The molecule has 0 saturated carbocycles. The number of carbonyl (C=O) groups is 2. The first-order valence-electron chi connectivity index (χ1n) is 10.6. The van der Waals surface area contributed by atoms with Crippen LogP contribution in [-0.4, -0.2) is 24.3 Å². The van der Waals surface area contributed by atoms with Gasteiger partial charge in [-0.1, -0.05) is 0 Å². The molecule has 2 unspecified atom stereocenters. The standard InChI is InChI=1S/C18H20O2.2C2HF3O2.2Hg/c1-17(2,15-11-7-5-8-12-15)19-20-18(3,4)16-13-9-6-10-14-16;2*3-2(4,5)1(6)7;;/h5-14H,1,3H2,2,4H3;2*(H,6,7);;/q;;;2*+1/p-2. The minimum absolute atomic E-state index is 0.0168. The average Bonchev–Trinajstić information content (AvgIpc) is 2.82. The topological polar surface area (TPSA) is 71.1 Å². The van der Waals surface area contributed by atoms with E-state index in [2.05, 4.69) is 5.29 Å². The molecule has 0 aliphatic rings. The van der Waals surface area contributed by atoms with Crippen LogP contribution in [-0.2, 0) is 85.9 Å². The van der Waals surface area contributed by atoms with Crippen molar-refractivity contribution in [2.75, 3.05) is 0 Å². The molecule has 0 aliphatic carbocycles. The van der Waals surface area contributed by atoms with Crippen LogP contribution in [0.4, 0.5) is 26.3 Å². The summed E-state index contributed by atoms with van der Waals surface area (Å²) in [6.07, 6.45) is -10.2. The molecule has 2 atom stereocenters. The maximum absolute atomic E-state index is 12.5. The van der Waals surface area contributed by atoms with Gasteiger partial charge >= 0.3 is 230 Å². The van der Waals surface area contributed by atoms with Gasteiger partial charge in [-0.3, -0.25) is 0 Å². The Morgan fingerprint density at radius 2 is 0.944 bits per heavy atom. The molecule has 14 heteroatoms. The fraction of sp³-hybridized carbons (Fsp3) is 0.364. The van der Waals surface area contributed by atoms with Crippen molar-refractivity contribution >= 4 is 11.9 Å². The van der Waals surface area contributed by atoms with E-state index < -0.39 is 85.6 Å². The van der Waals surface area contributed by atoms with Gasteiger partial charge in [-0.25, -0.2) is 0 Å². The Morgan fingerprint density at radius 3 is 1.22 bits per heavy atom. The molecule has 0 N–H and O–H groups in total. The van der Waals surface area contributed by atoms with Crippen molar-refractivity contribution in [2.24, 2.45) is 0 Å². The van der Waals surface area contributed by atoms with Gasteiger partial charge in [0.15, 0.2) is 0 Å². The summed E-state index contributed by atoms with van der Waals surface area (Å²) < 4.78 is 84.3. The molecule has 6 nitrogen and oxygen atoms in total. The number of halogens is 6. The first kappa shape index (κ1) is 31.0. The third kappa shape index (κ3) is 9.25. The van der Waals surface area contributed by atoms with Gasteiger partial charge in [0.2, 0.25) is 0 Å². The number of hydrogen-bond acceptors (Lipinski definition) is 6. The second-order valence-electron chi connectivity index (χ2n) is 8.13. The summed E-state index contributed by atoms with van der Waals surface area (Å²) in [4.78, 5) is 33.9. The van der Waals surface area contributed by atoms with Crippen LogP contribution in [0.3, 0.4) is 0 Å². The molecule has 0 aliphatic heterocycles. The summed E-state index contributed by atoms with van der Waals surface area (Å²) in [5, 5.41) is 0. The van der Waals surface area contributed by atoms with E-state index in [-0.39, 0.29) is 7.86 Å². The number of hydrogen-bond donors (Lipinski definition) is 0. The summed E-state index contributed by atoms with van der Waals surface area (Å²) in [6.45, 7) is 3.12. The van der Waals surface area contributed by atoms with E-state index in [9.17, 15) is 35.9 Å². The summed E-state index contributed by atoms with van der Waals surface area (Å²) in [6, 6.07) is 16.8. The first-order chi connectivity index (χ1) is 16.7. The molecule has 2 aromatic carbocycles. The Bertz CT molecular complexity index is 924. The number of alkyl halides is 6. The van der Waals surface area contributed by atoms with Crippen molar-refractivity contribution in [3.8, 4) is 0 Å². The van der Waals surface area contributed by atoms with Gasteiger partial charge in [0, 0.05) is 0 Å². The van der Waals surface area contributed by atoms with Crippen molar-refractivity contribution < 1.29 is 101 Å². The van der Waals surface area contributed by atoms with Gasteiger partial charge in [-0.15, -0.1) is 0 Å². The van der Waals surface area contributed by atoms with E-state index in [1.807, 2.05) is 0 Å². The van der Waals surface area contributed by atoms with Crippen LogP contribution in [0.5, 0.6) is 0 Å². The molecule has 0 radical (unpaired) electrons. The molecule has 0 saturated heterocycles. The number of rotatable bonds is 11. The van der Waals surface area contributed by atoms with Crippen LogP contribution >= 0.6 is 0 Å². The molecule has 0 amide bonds. The van der Waals surface area contributed by atoms with Crippen LogP contribution in [0.15, 0.2) is 60.7 Å². The second kappa shape index (κ2) is 13.0. The van der Waals surface area contributed by atoms with E-state index in [1.165, 1.54) is 0 Å². The first-order valence-corrected chi connectivity index (χ1v) is 22.9. The number of carbonyl (C=O) groups excluding carboxylic acids is 2. The predicted octanol–water partition coefficient (Wildman–Crippen LogP) is 5.81. The van der Waals surface area contributed by atoms with E-state index in [4.69, 9.17) is 9.78 Å². The summed E-state index contributed by atoms with van der Waals surface area (Å²) in [5.74, 6) is -4.51. The molecule has 0 fully saturated rings. The summed E-state index contributed by atoms with van der Waals surface area (Å²) in [5.41, 5.74) is -1.55. The Labute approximate surface area is 228 Å². The van der Waals surface area contributed by atoms with Gasteiger partial charge in [0.1, 0.15) is 0 Å². The quantitative estimate of drug-likeness (QED) is 0.123. The van der Waals surface area contributed by atoms with E-state index >= 15 is 0 Å². The molecule has 0 heterocycles. The second-order valence-corrected chi connectivity index (χ2v) is 17.4. The van der Waals surface area contributed by atoms with E-state index in [0.29, 0.717) is 11.1 Å². The average molecular weight is 896 g/mol. The summed E-state index contributed by atoms with van der Waals surface area (Å²) >= 11 is -5.90. The minimum atomic E-state index is -5.10. The van der Waals surface area contributed by atoms with Crippen molar-refractivity contribution in [1.82, 2.24) is 0 Å². The summed E-state index contributed by atoms with van der Waals surface area (Å²) in [7, 11) is 0. The maximum atomic E-state index is 12.5. The van der Waals surface area contributed by atoms with Crippen LogP contribution in [0, 0.1) is 0 Å². The van der Waals surface area contributed by atoms with Crippen LogP contribution in [0.2, 0.25) is 7.86 Å². The van der Waals surface area contributed by atoms with E-state index in [0.717, 1.165) is 0 Å². The van der Waals surface area contributed by atoms with Gasteiger partial charge in [-0.2, -0.15) is 0 Å². The van der Waals surface area contributed by atoms with Crippen molar-refractivity contribution in [2.45, 2.75) is 45.3 Å². The Kier molecular flexibility index (Phi) is 11.2. The van der Waals surface area contributed by atoms with Gasteiger partial charge in [0.05, 0.1) is 0 Å². The molecular formula is C22H20F6Hg2O6. The van der Waals surface area contributed by atoms with Crippen LogP contribution in [0.1, 0.15) is 25.0 Å². The molecule has 0 spiro atoms. The van der Waals surface area contributed by atoms with Crippen LogP contribution in [0.25, 0.3) is 0 Å². The third-order valence-electron chi connectivity index (χ3n) is 5.27.